The summed E-state index contributed by atoms with van der Waals surface area (Å²) in [4.78, 5) is 25.8. The summed E-state index contributed by atoms with van der Waals surface area (Å²) in [5, 5.41) is 11.2. The summed E-state index contributed by atoms with van der Waals surface area (Å²) in [6.45, 7) is 2.62. The molecule has 130 valence electrons. The molecule has 2 aromatic carbocycles. The van der Waals surface area contributed by atoms with Crippen LogP contribution in [0.4, 0.5) is 11.4 Å². The fourth-order valence-corrected chi connectivity index (χ4v) is 3.77. The Labute approximate surface area is 149 Å². The molecule has 0 saturated carbocycles. The number of benzene rings is 2. The number of nitrogens with zero attached hydrogens (tertiary/aromatic N) is 2. The molecule has 0 aromatic heterocycles. The Balaban J connectivity index is 1.73. The predicted octanol–water partition coefficient (Wildman–Crippen LogP) is 3.89. The zero-order valence-corrected chi connectivity index (χ0v) is 14.6. The zero-order chi connectivity index (χ0) is 17.8. The van der Waals surface area contributed by atoms with Crippen molar-refractivity contribution in [2.24, 2.45) is 0 Å². The molecule has 0 fully saturated rings. The third kappa shape index (κ3) is 4.11. The van der Waals surface area contributed by atoms with Gasteiger partial charge in [-0.3, -0.25) is 14.9 Å². The van der Waals surface area contributed by atoms with Gasteiger partial charge in [0.25, 0.3) is 11.6 Å². The van der Waals surface area contributed by atoms with Gasteiger partial charge in [0.15, 0.2) is 6.61 Å². The van der Waals surface area contributed by atoms with Crippen LogP contribution >= 0.6 is 11.8 Å². The second-order valence-electron chi connectivity index (χ2n) is 5.77. The zero-order valence-electron chi connectivity index (χ0n) is 13.8. The lowest BCUT2D eigenvalue weighted by atomic mass is 10.2. The van der Waals surface area contributed by atoms with E-state index in [0.29, 0.717) is 17.5 Å². The normalized spacial score (nSPS) is 16.7. The van der Waals surface area contributed by atoms with Crippen LogP contribution in [0.5, 0.6) is 5.75 Å². The number of ether oxygens (including phenoxy) is 1. The number of carbonyl (C=O) groups excluding carboxylic acids is 1. The molecule has 0 spiro atoms. The number of para-hydroxylation sites is 1. The number of non-ortho nitro benzene ring substituents is 1. The van der Waals surface area contributed by atoms with E-state index in [9.17, 15) is 14.9 Å². The molecule has 0 bridgehead atoms. The summed E-state index contributed by atoms with van der Waals surface area (Å²) in [6, 6.07) is 13.7. The summed E-state index contributed by atoms with van der Waals surface area (Å²) >= 11 is 1.76. The van der Waals surface area contributed by atoms with Crippen molar-refractivity contribution in [1.29, 1.82) is 0 Å². The Morgan fingerprint density at radius 1 is 1.32 bits per heavy atom. The van der Waals surface area contributed by atoms with Crippen molar-refractivity contribution in [2.75, 3.05) is 18.1 Å². The molecular formula is C18H18N2O4S. The number of rotatable bonds is 4. The topological polar surface area (TPSA) is 72.7 Å². The summed E-state index contributed by atoms with van der Waals surface area (Å²) < 4.78 is 5.49. The third-order valence-electron chi connectivity index (χ3n) is 3.94. The van der Waals surface area contributed by atoms with Crippen LogP contribution in [-0.2, 0) is 4.79 Å². The molecule has 1 aliphatic heterocycles. The Hall–Kier alpha value is -2.54. The second-order valence-corrected chi connectivity index (χ2v) is 7.25. The maximum Gasteiger partial charge on any atom is 0.273 e. The molecule has 0 aliphatic carbocycles. The van der Waals surface area contributed by atoms with Gasteiger partial charge in [0.2, 0.25) is 0 Å². The molecule has 7 heteroatoms. The maximum absolute atomic E-state index is 12.7. The maximum atomic E-state index is 12.7. The summed E-state index contributed by atoms with van der Waals surface area (Å²) in [5.41, 5.74) is 0.833. The van der Waals surface area contributed by atoms with Crippen molar-refractivity contribution in [1.82, 2.24) is 0 Å². The molecule has 1 heterocycles. The van der Waals surface area contributed by atoms with Gasteiger partial charge in [-0.15, -0.1) is 11.8 Å². The smallest absolute Gasteiger partial charge is 0.273 e. The third-order valence-corrected chi connectivity index (χ3v) is 5.17. The van der Waals surface area contributed by atoms with Crippen LogP contribution in [0.15, 0.2) is 53.4 Å². The molecular weight excluding hydrogens is 340 g/mol. The standard InChI is InChI=1S/C18H18N2O4S/c1-13-9-10-19(16-7-2-3-8-17(16)25-13)18(21)12-24-15-6-4-5-14(11-15)20(22)23/h2-8,11,13H,9-10,12H2,1H3/t13-/m0/s1. The van der Waals surface area contributed by atoms with Crippen molar-refractivity contribution in [3.05, 3.63) is 58.6 Å². The largest absolute Gasteiger partial charge is 0.483 e. The van der Waals surface area contributed by atoms with Gasteiger partial charge in [0, 0.05) is 22.8 Å². The Morgan fingerprint density at radius 2 is 2.12 bits per heavy atom. The van der Waals surface area contributed by atoms with Crippen LogP contribution in [0.25, 0.3) is 0 Å². The summed E-state index contributed by atoms with van der Waals surface area (Å²) in [6.07, 6.45) is 0.891. The lowest BCUT2D eigenvalue weighted by Crippen LogP contribution is -2.36. The Bertz CT molecular complexity index is 796. The molecule has 0 N–H and O–H groups in total. The highest BCUT2D eigenvalue weighted by molar-refractivity contribution is 8.00. The van der Waals surface area contributed by atoms with Gasteiger partial charge in [-0.25, -0.2) is 0 Å². The van der Waals surface area contributed by atoms with Crippen LogP contribution in [0.2, 0.25) is 0 Å². The monoisotopic (exact) mass is 358 g/mol. The van der Waals surface area contributed by atoms with E-state index in [-0.39, 0.29) is 18.2 Å². The molecule has 2 aromatic rings. The van der Waals surface area contributed by atoms with Crippen molar-refractivity contribution in [3.8, 4) is 5.75 Å². The average Bonchev–Trinajstić information content (AvgIpc) is 2.78. The predicted molar refractivity (Wildman–Crippen MR) is 97.3 cm³/mol. The van der Waals surface area contributed by atoms with Crippen LogP contribution < -0.4 is 9.64 Å². The van der Waals surface area contributed by atoms with Crippen molar-refractivity contribution < 1.29 is 14.5 Å². The lowest BCUT2D eigenvalue weighted by molar-refractivity contribution is -0.384. The fraction of sp³-hybridized carbons (Fsp3) is 0.278. The number of anilines is 1. The van der Waals surface area contributed by atoms with Gasteiger partial charge < -0.3 is 9.64 Å². The Kier molecular flexibility index (Phi) is 5.23. The van der Waals surface area contributed by atoms with Crippen molar-refractivity contribution in [2.45, 2.75) is 23.5 Å². The van der Waals surface area contributed by atoms with E-state index in [4.69, 9.17) is 4.74 Å². The van der Waals surface area contributed by atoms with E-state index in [1.807, 2.05) is 24.3 Å². The van der Waals surface area contributed by atoms with Crippen LogP contribution in [-0.4, -0.2) is 29.2 Å². The molecule has 1 atom stereocenters. The first-order valence-corrected chi connectivity index (χ1v) is 8.86. The number of fused-ring (bicyclic) bond motifs is 1. The van der Waals surface area contributed by atoms with Crippen LogP contribution in [0, 0.1) is 10.1 Å². The summed E-state index contributed by atoms with van der Waals surface area (Å²) in [5.74, 6) is 0.155. The molecule has 0 saturated heterocycles. The van der Waals surface area contributed by atoms with Gasteiger partial charge in [-0.05, 0) is 24.6 Å². The van der Waals surface area contributed by atoms with E-state index < -0.39 is 4.92 Å². The highest BCUT2D eigenvalue weighted by atomic mass is 32.2. The van der Waals surface area contributed by atoms with E-state index in [0.717, 1.165) is 17.0 Å². The minimum atomic E-state index is -0.488. The van der Waals surface area contributed by atoms with Crippen molar-refractivity contribution >= 4 is 29.0 Å². The number of thioether (sulfide) groups is 1. The molecule has 1 amide bonds. The SMILES string of the molecule is C[C@H]1CCN(C(=O)COc2cccc([N+](=O)[O-])c2)c2ccccc2S1. The molecule has 0 unspecified atom stereocenters. The highest BCUT2D eigenvalue weighted by Crippen LogP contribution is 2.37. The number of amides is 1. The number of nitro groups is 1. The number of hydrogen-bond donors (Lipinski definition) is 0. The van der Waals surface area contributed by atoms with Crippen LogP contribution in [0.1, 0.15) is 13.3 Å². The highest BCUT2D eigenvalue weighted by Gasteiger charge is 2.24. The van der Waals surface area contributed by atoms with E-state index in [1.165, 1.54) is 18.2 Å². The van der Waals surface area contributed by atoms with Crippen LogP contribution in [0.3, 0.4) is 0 Å². The van der Waals surface area contributed by atoms with Gasteiger partial charge in [0.05, 0.1) is 16.7 Å². The van der Waals surface area contributed by atoms with E-state index in [2.05, 4.69) is 6.92 Å². The molecule has 3 rings (SSSR count). The first kappa shape index (κ1) is 17.3. The molecule has 6 nitrogen and oxygen atoms in total. The fourth-order valence-electron chi connectivity index (χ4n) is 2.66. The van der Waals surface area contributed by atoms with E-state index in [1.54, 1.807) is 22.7 Å². The number of nitro benzene ring substituents is 1. The molecule has 0 radical (unpaired) electrons. The quantitative estimate of drug-likeness (QED) is 0.612. The van der Waals surface area contributed by atoms with E-state index >= 15 is 0 Å². The van der Waals surface area contributed by atoms with Gasteiger partial charge >= 0.3 is 0 Å². The number of carbonyl (C=O) groups is 1. The second kappa shape index (κ2) is 7.57. The lowest BCUT2D eigenvalue weighted by Gasteiger charge is -2.22. The van der Waals surface area contributed by atoms with Gasteiger partial charge in [0.1, 0.15) is 5.75 Å². The van der Waals surface area contributed by atoms with Gasteiger partial charge in [-0.2, -0.15) is 0 Å². The molecule has 25 heavy (non-hydrogen) atoms. The average molecular weight is 358 g/mol. The van der Waals surface area contributed by atoms with Gasteiger partial charge in [-0.1, -0.05) is 25.1 Å². The number of hydrogen-bond acceptors (Lipinski definition) is 5. The summed E-state index contributed by atoms with van der Waals surface area (Å²) in [7, 11) is 0. The molecule has 1 aliphatic rings. The minimum absolute atomic E-state index is 0.0599. The minimum Gasteiger partial charge on any atom is -0.483 e. The first-order valence-electron chi connectivity index (χ1n) is 7.98. The first-order chi connectivity index (χ1) is 12.0. The van der Waals surface area contributed by atoms with Crippen molar-refractivity contribution in [3.63, 3.8) is 0 Å². The Morgan fingerprint density at radius 3 is 2.92 bits per heavy atom.